The van der Waals surface area contributed by atoms with Gasteiger partial charge in [-0.15, -0.1) is 0 Å². The van der Waals surface area contributed by atoms with Gasteiger partial charge in [0.05, 0.1) is 6.04 Å². The number of fused-ring (bicyclic) bond motifs is 2. The highest BCUT2D eigenvalue weighted by atomic mass is 16.2. The van der Waals surface area contributed by atoms with Crippen LogP contribution in [0.2, 0.25) is 0 Å². The molecule has 0 bridgehead atoms. The standard InChI is InChI=1S/C18H26N2O/c1-3-13(2)16(19)17(21)20-12-18(10-6-7-11-18)14-8-4-5-9-15(14)20/h4-5,8-9,13,16H,3,6-7,10-12,19H2,1-2H3. The molecule has 1 aromatic carbocycles. The molecule has 1 aliphatic heterocycles. The minimum absolute atomic E-state index is 0.0978. The summed E-state index contributed by atoms with van der Waals surface area (Å²) in [6.07, 6.45) is 5.88. The van der Waals surface area contributed by atoms with Crippen molar-refractivity contribution in [2.24, 2.45) is 11.7 Å². The Balaban J connectivity index is 1.93. The van der Waals surface area contributed by atoms with Crippen LogP contribution in [-0.4, -0.2) is 18.5 Å². The summed E-state index contributed by atoms with van der Waals surface area (Å²) >= 11 is 0. The maximum Gasteiger partial charge on any atom is 0.244 e. The van der Waals surface area contributed by atoms with Gasteiger partial charge in [-0.1, -0.05) is 51.3 Å². The van der Waals surface area contributed by atoms with E-state index in [2.05, 4.69) is 32.0 Å². The maximum atomic E-state index is 12.8. The first-order valence-corrected chi connectivity index (χ1v) is 8.25. The Bertz CT molecular complexity index is 534. The fourth-order valence-electron chi connectivity index (χ4n) is 3.98. The van der Waals surface area contributed by atoms with Crippen molar-refractivity contribution in [1.82, 2.24) is 0 Å². The first kappa shape index (κ1) is 14.6. The molecule has 1 aromatic rings. The van der Waals surface area contributed by atoms with Crippen molar-refractivity contribution in [3.05, 3.63) is 29.8 Å². The van der Waals surface area contributed by atoms with Crippen molar-refractivity contribution in [2.45, 2.75) is 57.4 Å². The molecule has 0 aromatic heterocycles. The monoisotopic (exact) mass is 286 g/mol. The first-order chi connectivity index (χ1) is 10.1. The van der Waals surface area contributed by atoms with Crippen LogP contribution in [0.25, 0.3) is 0 Å². The highest BCUT2D eigenvalue weighted by molar-refractivity contribution is 5.99. The molecule has 1 spiro atoms. The Morgan fingerprint density at radius 3 is 2.67 bits per heavy atom. The van der Waals surface area contributed by atoms with Crippen molar-refractivity contribution in [3.8, 4) is 0 Å². The number of benzene rings is 1. The number of para-hydroxylation sites is 1. The summed E-state index contributed by atoms with van der Waals surface area (Å²) < 4.78 is 0. The smallest absolute Gasteiger partial charge is 0.244 e. The summed E-state index contributed by atoms with van der Waals surface area (Å²) in [4.78, 5) is 14.8. The van der Waals surface area contributed by atoms with Crippen molar-refractivity contribution in [2.75, 3.05) is 11.4 Å². The zero-order valence-electron chi connectivity index (χ0n) is 13.1. The van der Waals surface area contributed by atoms with Gasteiger partial charge in [0.1, 0.15) is 0 Å². The molecule has 0 saturated heterocycles. The van der Waals surface area contributed by atoms with E-state index in [1.807, 2.05) is 11.0 Å². The van der Waals surface area contributed by atoms with Gasteiger partial charge < -0.3 is 10.6 Å². The molecular weight excluding hydrogens is 260 g/mol. The van der Waals surface area contributed by atoms with Crippen molar-refractivity contribution in [3.63, 3.8) is 0 Å². The van der Waals surface area contributed by atoms with Crippen LogP contribution in [0.1, 0.15) is 51.5 Å². The molecule has 21 heavy (non-hydrogen) atoms. The number of rotatable bonds is 3. The second kappa shape index (κ2) is 5.45. The summed E-state index contributed by atoms with van der Waals surface area (Å²) in [7, 11) is 0. The van der Waals surface area contributed by atoms with E-state index < -0.39 is 0 Å². The molecule has 2 unspecified atom stereocenters. The fraction of sp³-hybridized carbons (Fsp3) is 0.611. The molecule has 2 aliphatic rings. The molecule has 1 amide bonds. The number of carbonyl (C=O) groups is 1. The number of carbonyl (C=O) groups excluding carboxylic acids is 1. The van der Waals surface area contributed by atoms with Gasteiger partial charge in [-0.2, -0.15) is 0 Å². The van der Waals surface area contributed by atoms with Crippen LogP contribution < -0.4 is 10.6 Å². The van der Waals surface area contributed by atoms with Gasteiger partial charge in [-0.3, -0.25) is 4.79 Å². The van der Waals surface area contributed by atoms with E-state index in [4.69, 9.17) is 5.73 Å². The summed E-state index contributed by atoms with van der Waals surface area (Å²) in [5.74, 6) is 0.324. The lowest BCUT2D eigenvalue weighted by atomic mass is 9.81. The Kier molecular flexibility index (Phi) is 3.78. The Labute approximate surface area is 127 Å². The highest BCUT2D eigenvalue weighted by Crippen LogP contribution is 2.50. The summed E-state index contributed by atoms with van der Waals surface area (Å²) in [6.45, 7) is 4.99. The lowest BCUT2D eigenvalue weighted by molar-refractivity contribution is -0.120. The molecule has 2 N–H and O–H groups in total. The average Bonchev–Trinajstić information content (AvgIpc) is 3.12. The second-order valence-corrected chi connectivity index (χ2v) is 6.84. The predicted octanol–water partition coefficient (Wildman–Crippen LogP) is 3.22. The molecule has 3 rings (SSSR count). The van der Waals surface area contributed by atoms with Gasteiger partial charge in [-0.25, -0.2) is 0 Å². The van der Waals surface area contributed by atoms with Crippen molar-refractivity contribution < 1.29 is 4.79 Å². The largest absolute Gasteiger partial charge is 0.320 e. The quantitative estimate of drug-likeness (QED) is 0.927. The van der Waals surface area contributed by atoms with Crippen LogP contribution in [0.4, 0.5) is 5.69 Å². The van der Waals surface area contributed by atoms with Gasteiger partial charge in [0.25, 0.3) is 0 Å². The van der Waals surface area contributed by atoms with Gasteiger partial charge in [0.2, 0.25) is 5.91 Å². The molecule has 3 heteroatoms. The summed E-state index contributed by atoms with van der Waals surface area (Å²) in [5.41, 5.74) is 8.87. The van der Waals surface area contributed by atoms with Gasteiger partial charge in [0, 0.05) is 17.6 Å². The van der Waals surface area contributed by atoms with E-state index in [9.17, 15) is 4.79 Å². The Hall–Kier alpha value is -1.35. The third-order valence-corrected chi connectivity index (χ3v) is 5.60. The third-order valence-electron chi connectivity index (χ3n) is 5.60. The molecular formula is C18H26N2O. The van der Waals surface area contributed by atoms with Crippen LogP contribution in [0.15, 0.2) is 24.3 Å². The van der Waals surface area contributed by atoms with Gasteiger partial charge in [0.15, 0.2) is 0 Å². The minimum Gasteiger partial charge on any atom is -0.320 e. The van der Waals surface area contributed by atoms with Crippen LogP contribution in [-0.2, 0) is 10.2 Å². The zero-order valence-corrected chi connectivity index (χ0v) is 13.1. The van der Waals surface area contributed by atoms with E-state index in [1.165, 1.54) is 31.2 Å². The number of amides is 1. The minimum atomic E-state index is -0.389. The summed E-state index contributed by atoms with van der Waals surface area (Å²) in [5, 5.41) is 0. The molecule has 1 fully saturated rings. The van der Waals surface area contributed by atoms with E-state index >= 15 is 0 Å². The van der Waals surface area contributed by atoms with E-state index in [0.717, 1.165) is 18.7 Å². The van der Waals surface area contributed by atoms with Crippen LogP contribution in [0, 0.1) is 5.92 Å². The van der Waals surface area contributed by atoms with Crippen LogP contribution in [0.3, 0.4) is 0 Å². The number of nitrogens with zero attached hydrogens (tertiary/aromatic N) is 1. The predicted molar refractivity (Wildman–Crippen MR) is 86.4 cm³/mol. The molecule has 114 valence electrons. The van der Waals surface area contributed by atoms with E-state index in [0.29, 0.717) is 0 Å². The number of hydrogen-bond donors (Lipinski definition) is 1. The normalized spacial score (nSPS) is 22.3. The zero-order chi connectivity index (χ0) is 15.0. The first-order valence-electron chi connectivity index (χ1n) is 8.25. The Morgan fingerprint density at radius 1 is 1.33 bits per heavy atom. The van der Waals surface area contributed by atoms with Crippen LogP contribution >= 0.6 is 0 Å². The molecule has 0 radical (unpaired) electrons. The van der Waals surface area contributed by atoms with E-state index in [1.54, 1.807) is 0 Å². The summed E-state index contributed by atoms with van der Waals surface area (Å²) in [6, 6.07) is 8.04. The van der Waals surface area contributed by atoms with Gasteiger partial charge >= 0.3 is 0 Å². The van der Waals surface area contributed by atoms with E-state index in [-0.39, 0.29) is 23.3 Å². The molecule has 1 saturated carbocycles. The van der Waals surface area contributed by atoms with Gasteiger partial charge in [-0.05, 0) is 30.4 Å². The second-order valence-electron chi connectivity index (χ2n) is 6.84. The fourth-order valence-corrected chi connectivity index (χ4v) is 3.98. The Morgan fingerprint density at radius 2 is 2.00 bits per heavy atom. The number of nitrogens with two attached hydrogens (primary N) is 1. The molecule has 3 nitrogen and oxygen atoms in total. The van der Waals surface area contributed by atoms with Crippen LogP contribution in [0.5, 0.6) is 0 Å². The third kappa shape index (κ3) is 2.28. The number of hydrogen-bond acceptors (Lipinski definition) is 2. The lowest BCUT2D eigenvalue weighted by Gasteiger charge is -2.27. The maximum absolute atomic E-state index is 12.8. The lowest BCUT2D eigenvalue weighted by Crippen LogP contribution is -2.48. The molecule has 2 atom stereocenters. The topological polar surface area (TPSA) is 46.3 Å². The molecule has 1 aliphatic carbocycles. The SMILES string of the molecule is CCC(C)C(N)C(=O)N1CC2(CCCC2)c2ccccc21. The van der Waals surface area contributed by atoms with Crippen molar-refractivity contribution in [1.29, 1.82) is 0 Å². The highest BCUT2D eigenvalue weighted by Gasteiger charge is 2.46. The molecule has 1 heterocycles. The number of anilines is 1. The van der Waals surface area contributed by atoms with Crippen molar-refractivity contribution >= 4 is 11.6 Å². The average molecular weight is 286 g/mol.